The van der Waals surface area contributed by atoms with Gasteiger partial charge in [0.2, 0.25) is 0 Å². The Morgan fingerprint density at radius 1 is 1.14 bits per heavy atom. The average molecular weight is 440 g/mol. The molecule has 0 aliphatic carbocycles. The minimum absolute atomic E-state index is 0.377. The van der Waals surface area contributed by atoms with E-state index in [4.69, 9.17) is 11.6 Å². The summed E-state index contributed by atoms with van der Waals surface area (Å²) in [5.41, 5.74) is 1.00. The second-order valence-electron chi connectivity index (χ2n) is 4.48. The summed E-state index contributed by atoms with van der Waals surface area (Å²) >= 11 is 12.5. The van der Waals surface area contributed by atoms with Gasteiger partial charge >= 0.3 is 0 Å². The van der Waals surface area contributed by atoms with Gasteiger partial charge in [-0.05, 0) is 58.4 Å². The van der Waals surface area contributed by atoms with E-state index in [1.807, 2.05) is 6.92 Å². The lowest BCUT2D eigenvalue weighted by molar-refractivity contribution is 0.554. The first kappa shape index (κ1) is 16.9. The number of nitrogens with one attached hydrogen (secondary N) is 1. The minimum atomic E-state index is -0.479. The number of halogens is 5. The van der Waals surface area contributed by atoms with Crippen LogP contribution in [0.15, 0.2) is 39.3 Å². The van der Waals surface area contributed by atoms with Gasteiger partial charge in [-0.1, -0.05) is 34.5 Å². The van der Waals surface area contributed by atoms with E-state index < -0.39 is 11.9 Å². The van der Waals surface area contributed by atoms with Crippen LogP contribution < -0.4 is 5.32 Å². The summed E-state index contributed by atoms with van der Waals surface area (Å²) in [4.78, 5) is 0. The third-order valence-corrected chi connectivity index (χ3v) is 4.63. The van der Waals surface area contributed by atoms with Crippen LogP contribution in [0.3, 0.4) is 0 Å². The number of hydrogen-bond donors (Lipinski definition) is 1. The van der Waals surface area contributed by atoms with Crippen molar-refractivity contribution in [2.45, 2.75) is 13.0 Å². The molecule has 0 bridgehead atoms. The predicted molar refractivity (Wildman–Crippen MR) is 88.7 cm³/mol. The minimum Gasteiger partial charge on any atom is -0.306 e. The highest BCUT2D eigenvalue weighted by atomic mass is 79.9. The summed E-state index contributed by atoms with van der Waals surface area (Å²) in [7, 11) is 0. The van der Waals surface area contributed by atoms with Crippen molar-refractivity contribution in [2.24, 2.45) is 0 Å². The molecule has 1 N–H and O–H groups in total. The summed E-state index contributed by atoms with van der Waals surface area (Å²) < 4.78 is 28.9. The van der Waals surface area contributed by atoms with Crippen LogP contribution in [0.1, 0.15) is 24.1 Å². The molecule has 0 saturated carbocycles. The molecule has 2 aromatic rings. The Morgan fingerprint density at radius 2 is 1.86 bits per heavy atom. The lowest BCUT2D eigenvalue weighted by Crippen LogP contribution is -2.23. The monoisotopic (exact) mass is 437 g/mol. The molecule has 112 valence electrons. The molecule has 0 aromatic heterocycles. The Kier molecular flexibility index (Phi) is 5.77. The van der Waals surface area contributed by atoms with Crippen molar-refractivity contribution in [3.8, 4) is 0 Å². The Hall–Kier alpha value is -0.490. The van der Waals surface area contributed by atoms with E-state index in [9.17, 15) is 8.78 Å². The molecular formula is C15H12Br2ClF2N. The van der Waals surface area contributed by atoms with Crippen molar-refractivity contribution in [1.82, 2.24) is 5.32 Å². The Morgan fingerprint density at radius 3 is 2.48 bits per heavy atom. The summed E-state index contributed by atoms with van der Waals surface area (Å²) in [6.45, 7) is 2.51. The van der Waals surface area contributed by atoms with Gasteiger partial charge in [0.1, 0.15) is 11.6 Å². The van der Waals surface area contributed by atoms with Crippen molar-refractivity contribution in [3.05, 3.63) is 67.1 Å². The maximum absolute atomic E-state index is 14.3. The molecule has 1 atom stereocenters. The molecule has 0 saturated heterocycles. The van der Waals surface area contributed by atoms with E-state index in [0.717, 1.165) is 0 Å². The zero-order chi connectivity index (χ0) is 15.6. The van der Waals surface area contributed by atoms with Gasteiger partial charge in [0.05, 0.1) is 11.1 Å². The summed E-state index contributed by atoms with van der Waals surface area (Å²) in [5, 5.41) is 3.56. The summed E-state index contributed by atoms with van der Waals surface area (Å²) in [6, 6.07) is 6.88. The standard InChI is InChI=1S/C15H12Br2ClF2N/c1-2-21-15(8-3-9(16)5-10(19)4-8)11-6-13(18)12(17)7-14(11)20/h3-7,15,21H,2H2,1H3. The van der Waals surface area contributed by atoms with Gasteiger partial charge in [0.25, 0.3) is 0 Å². The number of hydrogen-bond acceptors (Lipinski definition) is 1. The molecule has 21 heavy (non-hydrogen) atoms. The quantitative estimate of drug-likeness (QED) is 0.590. The van der Waals surface area contributed by atoms with Gasteiger partial charge in [0, 0.05) is 14.5 Å². The molecule has 0 aliphatic rings. The lowest BCUT2D eigenvalue weighted by atomic mass is 9.98. The van der Waals surface area contributed by atoms with Gasteiger partial charge in [0.15, 0.2) is 0 Å². The fourth-order valence-electron chi connectivity index (χ4n) is 2.11. The van der Waals surface area contributed by atoms with Crippen molar-refractivity contribution < 1.29 is 8.78 Å². The molecule has 2 rings (SSSR count). The third kappa shape index (κ3) is 4.03. The lowest BCUT2D eigenvalue weighted by Gasteiger charge is -2.20. The summed E-state index contributed by atoms with van der Waals surface area (Å²) in [5.74, 6) is -0.788. The first-order chi connectivity index (χ1) is 9.92. The third-order valence-electron chi connectivity index (χ3n) is 2.98. The molecule has 0 amide bonds. The zero-order valence-electron chi connectivity index (χ0n) is 11.1. The van der Waals surface area contributed by atoms with Crippen LogP contribution in [0.25, 0.3) is 0 Å². The SMILES string of the molecule is CCNC(c1cc(F)cc(Br)c1)c1cc(Cl)c(Br)cc1F. The molecular weight excluding hydrogens is 427 g/mol. The van der Waals surface area contributed by atoms with Crippen molar-refractivity contribution in [3.63, 3.8) is 0 Å². The van der Waals surface area contributed by atoms with E-state index >= 15 is 0 Å². The molecule has 1 unspecified atom stereocenters. The van der Waals surface area contributed by atoms with Crippen LogP contribution in [0.2, 0.25) is 5.02 Å². The number of rotatable bonds is 4. The average Bonchev–Trinajstić information content (AvgIpc) is 2.39. The largest absolute Gasteiger partial charge is 0.306 e. The predicted octanol–water partition coefficient (Wildman–Crippen LogP) is 5.84. The van der Waals surface area contributed by atoms with E-state index in [-0.39, 0.29) is 5.82 Å². The highest BCUT2D eigenvalue weighted by Crippen LogP contribution is 2.32. The molecule has 0 heterocycles. The Bertz CT molecular complexity index is 644. The fraction of sp³-hybridized carbons (Fsp3) is 0.200. The molecule has 0 radical (unpaired) electrons. The highest BCUT2D eigenvalue weighted by Gasteiger charge is 2.20. The van der Waals surface area contributed by atoms with Crippen LogP contribution in [0.5, 0.6) is 0 Å². The normalized spacial score (nSPS) is 12.5. The van der Waals surface area contributed by atoms with E-state index in [1.54, 1.807) is 12.1 Å². The Labute approximate surface area is 144 Å². The molecule has 6 heteroatoms. The van der Waals surface area contributed by atoms with Crippen molar-refractivity contribution >= 4 is 43.5 Å². The van der Waals surface area contributed by atoms with E-state index in [1.165, 1.54) is 18.2 Å². The first-order valence-electron chi connectivity index (χ1n) is 6.26. The van der Waals surface area contributed by atoms with E-state index in [0.29, 0.717) is 31.6 Å². The van der Waals surface area contributed by atoms with Crippen LogP contribution >= 0.6 is 43.5 Å². The molecule has 1 nitrogen and oxygen atoms in total. The van der Waals surface area contributed by atoms with Crippen LogP contribution in [0.4, 0.5) is 8.78 Å². The molecule has 0 spiro atoms. The number of benzene rings is 2. The zero-order valence-corrected chi connectivity index (χ0v) is 15.0. The molecule has 2 aromatic carbocycles. The summed E-state index contributed by atoms with van der Waals surface area (Å²) in [6.07, 6.45) is 0. The van der Waals surface area contributed by atoms with Crippen LogP contribution in [-0.4, -0.2) is 6.54 Å². The van der Waals surface area contributed by atoms with Crippen LogP contribution in [0, 0.1) is 11.6 Å². The van der Waals surface area contributed by atoms with Gasteiger partial charge in [-0.25, -0.2) is 8.78 Å². The first-order valence-corrected chi connectivity index (χ1v) is 8.22. The molecule has 0 aliphatic heterocycles. The second kappa shape index (κ2) is 7.18. The van der Waals surface area contributed by atoms with Crippen molar-refractivity contribution in [1.29, 1.82) is 0 Å². The smallest absolute Gasteiger partial charge is 0.129 e. The fourth-order valence-corrected chi connectivity index (χ4v) is 3.08. The topological polar surface area (TPSA) is 12.0 Å². The van der Waals surface area contributed by atoms with Crippen LogP contribution in [-0.2, 0) is 0 Å². The van der Waals surface area contributed by atoms with Gasteiger partial charge in [-0.3, -0.25) is 0 Å². The second-order valence-corrected chi connectivity index (χ2v) is 6.66. The van der Waals surface area contributed by atoms with E-state index in [2.05, 4.69) is 37.2 Å². The highest BCUT2D eigenvalue weighted by molar-refractivity contribution is 9.10. The van der Waals surface area contributed by atoms with Gasteiger partial charge in [-0.2, -0.15) is 0 Å². The molecule has 0 fully saturated rings. The maximum Gasteiger partial charge on any atom is 0.129 e. The van der Waals surface area contributed by atoms with Gasteiger partial charge < -0.3 is 5.32 Å². The van der Waals surface area contributed by atoms with Gasteiger partial charge in [-0.15, -0.1) is 0 Å². The van der Waals surface area contributed by atoms with Crippen molar-refractivity contribution in [2.75, 3.05) is 6.54 Å². The maximum atomic E-state index is 14.3. The Balaban J connectivity index is 2.55.